The number of oxazole rings is 1. The third-order valence-corrected chi connectivity index (χ3v) is 3.64. The van der Waals surface area contributed by atoms with E-state index in [0.717, 1.165) is 22.2 Å². The van der Waals surface area contributed by atoms with E-state index in [1.165, 1.54) is 0 Å². The number of rotatable bonds is 4. The molecule has 0 unspecified atom stereocenters. The third kappa shape index (κ3) is 3.44. The maximum atomic E-state index is 12.0. The highest BCUT2D eigenvalue weighted by Gasteiger charge is 2.09. The largest absolute Gasteiger partial charge is 0.444 e. The van der Waals surface area contributed by atoms with Gasteiger partial charge < -0.3 is 9.73 Å². The van der Waals surface area contributed by atoms with Crippen LogP contribution in [-0.2, 0) is 13.0 Å². The van der Waals surface area contributed by atoms with Gasteiger partial charge in [0.2, 0.25) is 5.89 Å². The Labute approximate surface area is 120 Å². The van der Waals surface area contributed by atoms with Gasteiger partial charge in [0.05, 0.1) is 12.7 Å². The molecule has 1 amide bonds. The summed E-state index contributed by atoms with van der Waals surface area (Å²) in [6.07, 6.45) is 2.48. The zero-order valence-electron chi connectivity index (χ0n) is 10.9. The Morgan fingerprint density at radius 2 is 2.26 bits per heavy atom. The molecule has 0 fully saturated rings. The zero-order chi connectivity index (χ0) is 13.8. The fraction of sp³-hybridized carbons (Fsp3) is 0.286. The first-order valence-corrected chi connectivity index (χ1v) is 6.87. The summed E-state index contributed by atoms with van der Waals surface area (Å²) in [5.41, 5.74) is 1.71. The average Bonchev–Trinajstić information content (AvgIpc) is 2.87. The highest BCUT2D eigenvalue weighted by molar-refractivity contribution is 9.10. The van der Waals surface area contributed by atoms with Gasteiger partial charge in [0.25, 0.3) is 5.91 Å². The van der Waals surface area contributed by atoms with Crippen molar-refractivity contribution in [3.63, 3.8) is 0 Å². The quantitative estimate of drug-likeness (QED) is 0.940. The Bertz CT molecular complexity index is 593. The summed E-state index contributed by atoms with van der Waals surface area (Å²) in [5, 5.41) is 2.78. The molecule has 0 bridgehead atoms. The summed E-state index contributed by atoms with van der Waals surface area (Å²) in [7, 11) is 0. The van der Waals surface area contributed by atoms with Crippen molar-refractivity contribution in [3.8, 4) is 0 Å². The fourth-order valence-corrected chi connectivity index (χ4v) is 1.96. The lowest BCUT2D eigenvalue weighted by Crippen LogP contribution is -2.22. The molecule has 2 rings (SSSR count). The number of nitrogens with one attached hydrogen (secondary N) is 1. The Morgan fingerprint density at radius 1 is 1.47 bits per heavy atom. The minimum Gasteiger partial charge on any atom is -0.444 e. The molecule has 0 aliphatic heterocycles. The molecule has 0 radical (unpaired) electrons. The molecule has 100 valence electrons. The summed E-state index contributed by atoms with van der Waals surface area (Å²) >= 11 is 3.41. The number of hydrogen-bond donors (Lipinski definition) is 1. The topological polar surface area (TPSA) is 55.1 Å². The van der Waals surface area contributed by atoms with Crippen molar-refractivity contribution in [1.29, 1.82) is 0 Å². The van der Waals surface area contributed by atoms with Crippen molar-refractivity contribution < 1.29 is 9.21 Å². The molecule has 1 N–H and O–H groups in total. The first-order valence-electron chi connectivity index (χ1n) is 6.08. The van der Waals surface area contributed by atoms with Crippen LogP contribution in [0.1, 0.15) is 34.5 Å². The van der Waals surface area contributed by atoms with Gasteiger partial charge in [0.15, 0.2) is 0 Å². The van der Waals surface area contributed by atoms with Gasteiger partial charge in [-0.25, -0.2) is 4.98 Å². The molecule has 5 heteroatoms. The molecule has 1 aromatic carbocycles. The Kier molecular flexibility index (Phi) is 4.37. The van der Waals surface area contributed by atoms with E-state index in [9.17, 15) is 4.79 Å². The van der Waals surface area contributed by atoms with Crippen molar-refractivity contribution in [2.75, 3.05) is 0 Å². The summed E-state index contributed by atoms with van der Waals surface area (Å²) in [4.78, 5) is 16.1. The van der Waals surface area contributed by atoms with Gasteiger partial charge in [-0.1, -0.05) is 28.9 Å². The van der Waals surface area contributed by atoms with Crippen LogP contribution in [0.15, 0.2) is 33.3 Å². The molecule has 1 heterocycles. The average molecular weight is 323 g/mol. The second-order valence-corrected chi connectivity index (χ2v) is 5.07. The molecule has 0 aliphatic carbocycles. The number of hydrogen-bond acceptors (Lipinski definition) is 3. The summed E-state index contributed by atoms with van der Waals surface area (Å²) < 4.78 is 6.35. The maximum Gasteiger partial charge on any atom is 0.251 e. The lowest BCUT2D eigenvalue weighted by Gasteiger charge is -2.04. The van der Waals surface area contributed by atoms with E-state index in [0.29, 0.717) is 18.0 Å². The molecule has 19 heavy (non-hydrogen) atoms. The lowest BCUT2D eigenvalue weighted by atomic mass is 10.1. The molecule has 0 aliphatic rings. The predicted octanol–water partition coefficient (Wildman–Crippen LogP) is 3.24. The SMILES string of the molecule is CCc1cnc(CNC(=O)c2ccc(C)c(Br)c2)o1. The molecule has 0 spiro atoms. The van der Waals surface area contributed by atoms with Crippen molar-refractivity contribution >= 4 is 21.8 Å². The monoisotopic (exact) mass is 322 g/mol. The number of benzene rings is 1. The molecular weight excluding hydrogens is 308 g/mol. The van der Waals surface area contributed by atoms with Crippen molar-refractivity contribution in [3.05, 3.63) is 51.6 Å². The van der Waals surface area contributed by atoms with Crippen LogP contribution in [0.2, 0.25) is 0 Å². The van der Waals surface area contributed by atoms with Crippen LogP contribution in [0, 0.1) is 6.92 Å². The zero-order valence-corrected chi connectivity index (χ0v) is 12.5. The van der Waals surface area contributed by atoms with Crippen molar-refractivity contribution in [2.45, 2.75) is 26.8 Å². The highest BCUT2D eigenvalue weighted by atomic mass is 79.9. The minimum atomic E-state index is -0.142. The standard InChI is InChI=1S/C14H15BrN2O2/c1-3-11-7-16-13(19-11)8-17-14(18)10-5-4-9(2)12(15)6-10/h4-7H,3,8H2,1-2H3,(H,17,18). The van der Waals surface area contributed by atoms with Gasteiger partial charge in [-0.3, -0.25) is 4.79 Å². The summed E-state index contributed by atoms with van der Waals surface area (Å²) in [6.45, 7) is 4.27. The number of aryl methyl sites for hydroxylation is 2. The van der Waals surface area contributed by atoms with Crippen LogP contribution in [0.3, 0.4) is 0 Å². The van der Waals surface area contributed by atoms with E-state index in [4.69, 9.17) is 4.42 Å². The molecule has 4 nitrogen and oxygen atoms in total. The number of nitrogens with zero attached hydrogens (tertiary/aromatic N) is 1. The van der Waals surface area contributed by atoms with Crippen LogP contribution < -0.4 is 5.32 Å². The van der Waals surface area contributed by atoms with Crippen LogP contribution >= 0.6 is 15.9 Å². The molecule has 0 saturated heterocycles. The molecule has 0 saturated carbocycles. The lowest BCUT2D eigenvalue weighted by molar-refractivity contribution is 0.0947. The van der Waals surface area contributed by atoms with Crippen molar-refractivity contribution in [1.82, 2.24) is 10.3 Å². The van der Waals surface area contributed by atoms with E-state index in [2.05, 4.69) is 26.2 Å². The Hall–Kier alpha value is -1.62. The van der Waals surface area contributed by atoms with Gasteiger partial charge in [0.1, 0.15) is 5.76 Å². The highest BCUT2D eigenvalue weighted by Crippen LogP contribution is 2.17. The maximum absolute atomic E-state index is 12.0. The number of amides is 1. The Balaban J connectivity index is 1.99. The minimum absolute atomic E-state index is 0.142. The molecular formula is C14H15BrN2O2. The van der Waals surface area contributed by atoms with E-state index < -0.39 is 0 Å². The second kappa shape index (κ2) is 6.02. The van der Waals surface area contributed by atoms with Crippen LogP contribution in [0.5, 0.6) is 0 Å². The van der Waals surface area contributed by atoms with Gasteiger partial charge >= 0.3 is 0 Å². The molecule has 2 aromatic rings. The van der Waals surface area contributed by atoms with Gasteiger partial charge in [-0.2, -0.15) is 0 Å². The summed E-state index contributed by atoms with van der Waals surface area (Å²) in [5.74, 6) is 1.20. The number of carbonyl (C=O) groups is 1. The molecule has 0 atom stereocenters. The number of halogens is 1. The van der Waals surface area contributed by atoms with Gasteiger partial charge in [-0.15, -0.1) is 0 Å². The Morgan fingerprint density at radius 3 is 2.89 bits per heavy atom. The van der Waals surface area contributed by atoms with Gasteiger partial charge in [-0.05, 0) is 24.6 Å². The van der Waals surface area contributed by atoms with E-state index >= 15 is 0 Å². The fourth-order valence-electron chi connectivity index (χ4n) is 1.59. The van der Waals surface area contributed by atoms with E-state index in [1.54, 1.807) is 18.3 Å². The third-order valence-electron chi connectivity index (χ3n) is 2.78. The van der Waals surface area contributed by atoms with E-state index in [-0.39, 0.29) is 5.91 Å². The first kappa shape index (κ1) is 13.8. The van der Waals surface area contributed by atoms with E-state index in [1.807, 2.05) is 19.9 Å². The van der Waals surface area contributed by atoms with Crippen LogP contribution in [0.25, 0.3) is 0 Å². The number of aromatic nitrogens is 1. The normalized spacial score (nSPS) is 10.5. The summed E-state index contributed by atoms with van der Waals surface area (Å²) in [6, 6.07) is 5.50. The van der Waals surface area contributed by atoms with Crippen molar-refractivity contribution in [2.24, 2.45) is 0 Å². The van der Waals surface area contributed by atoms with Gasteiger partial charge in [0, 0.05) is 16.5 Å². The first-order chi connectivity index (χ1) is 9.10. The number of carbonyl (C=O) groups excluding carboxylic acids is 1. The molecule has 1 aromatic heterocycles. The second-order valence-electron chi connectivity index (χ2n) is 4.22. The van der Waals surface area contributed by atoms with Crippen LogP contribution in [0.4, 0.5) is 0 Å². The van der Waals surface area contributed by atoms with Crippen LogP contribution in [-0.4, -0.2) is 10.9 Å². The predicted molar refractivity (Wildman–Crippen MR) is 75.9 cm³/mol. The smallest absolute Gasteiger partial charge is 0.251 e.